The van der Waals surface area contributed by atoms with Crippen molar-refractivity contribution in [1.29, 1.82) is 0 Å². The van der Waals surface area contributed by atoms with E-state index in [-0.39, 0.29) is 41.9 Å². The Morgan fingerprint density at radius 1 is 1.32 bits per heavy atom. The van der Waals surface area contributed by atoms with Crippen LogP contribution in [0.2, 0.25) is 5.02 Å². The highest BCUT2D eigenvalue weighted by atomic mass is 35.5. The third-order valence-corrected chi connectivity index (χ3v) is 4.07. The summed E-state index contributed by atoms with van der Waals surface area (Å²) in [7, 11) is 1.51. The van der Waals surface area contributed by atoms with Crippen molar-refractivity contribution >= 4 is 34.2 Å². The Labute approximate surface area is 147 Å². The molecule has 0 spiro atoms. The SMILES string of the molecule is CC(C)NC(=O)CCn1c(=O)c2cc(Cl)ccc2n2c(=O)n(C)nc12. The van der Waals surface area contributed by atoms with E-state index in [1.807, 2.05) is 13.8 Å². The maximum absolute atomic E-state index is 12.9. The number of amides is 1. The molecule has 0 bridgehead atoms. The van der Waals surface area contributed by atoms with Crippen LogP contribution in [0.4, 0.5) is 0 Å². The first kappa shape index (κ1) is 17.2. The summed E-state index contributed by atoms with van der Waals surface area (Å²) >= 11 is 6.00. The van der Waals surface area contributed by atoms with E-state index < -0.39 is 0 Å². The highest BCUT2D eigenvalue weighted by Crippen LogP contribution is 2.17. The number of hydrogen-bond donors (Lipinski definition) is 1. The fourth-order valence-electron chi connectivity index (χ4n) is 2.76. The van der Waals surface area contributed by atoms with Gasteiger partial charge in [0.1, 0.15) is 0 Å². The van der Waals surface area contributed by atoms with Crippen LogP contribution < -0.4 is 16.6 Å². The first-order valence-corrected chi connectivity index (χ1v) is 8.24. The fourth-order valence-corrected chi connectivity index (χ4v) is 2.93. The fraction of sp³-hybridized carbons (Fsp3) is 0.375. The van der Waals surface area contributed by atoms with Crippen molar-refractivity contribution in [3.8, 4) is 0 Å². The molecule has 3 rings (SSSR count). The second-order valence-corrected chi connectivity index (χ2v) is 6.57. The van der Waals surface area contributed by atoms with Crippen molar-refractivity contribution in [2.24, 2.45) is 7.05 Å². The van der Waals surface area contributed by atoms with E-state index in [1.54, 1.807) is 12.1 Å². The van der Waals surface area contributed by atoms with Crippen LogP contribution in [-0.4, -0.2) is 30.7 Å². The molecule has 132 valence electrons. The van der Waals surface area contributed by atoms with Gasteiger partial charge in [-0.05, 0) is 32.0 Å². The number of carbonyl (C=O) groups is 1. The molecule has 0 aliphatic rings. The monoisotopic (exact) mass is 363 g/mol. The average molecular weight is 364 g/mol. The number of halogens is 1. The predicted octanol–water partition coefficient (Wildman–Crippen LogP) is 0.916. The zero-order valence-electron chi connectivity index (χ0n) is 14.1. The van der Waals surface area contributed by atoms with E-state index in [1.165, 1.54) is 22.1 Å². The molecule has 0 saturated heterocycles. The quantitative estimate of drug-likeness (QED) is 0.746. The lowest BCUT2D eigenvalue weighted by atomic mass is 10.2. The molecule has 0 unspecified atom stereocenters. The van der Waals surface area contributed by atoms with E-state index in [2.05, 4.69) is 10.4 Å². The van der Waals surface area contributed by atoms with E-state index in [9.17, 15) is 14.4 Å². The second-order valence-electron chi connectivity index (χ2n) is 6.13. The Morgan fingerprint density at radius 3 is 2.72 bits per heavy atom. The van der Waals surface area contributed by atoms with E-state index in [4.69, 9.17) is 11.6 Å². The molecule has 0 aliphatic carbocycles. The van der Waals surface area contributed by atoms with Gasteiger partial charge < -0.3 is 5.32 Å². The van der Waals surface area contributed by atoms with Crippen LogP contribution in [0.3, 0.4) is 0 Å². The molecule has 2 heterocycles. The van der Waals surface area contributed by atoms with Gasteiger partial charge in [-0.15, -0.1) is 5.10 Å². The summed E-state index contributed by atoms with van der Waals surface area (Å²) in [5.74, 6) is 0.0224. The van der Waals surface area contributed by atoms with Crippen LogP contribution in [0.15, 0.2) is 27.8 Å². The Hall–Kier alpha value is -2.61. The Morgan fingerprint density at radius 2 is 2.04 bits per heavy atom. The van der Waals surface area contributed by atoms with E-state index in [0.29, 0.717) is 15.9 Å². The molecule has 2 aromatic heterocycles. The largest absolute Gasteiger partial charge is 0.354 e. The number of nitrogens with one attached hydrogen (secondary N) is 1. The van der Waals surface area contributed by atoms with Crippen LogP contribution in [0, 0.1) is 0 Å². The highest BCUT2D eigenvalue weighted by molar-refractivity contribution is 6.31. The lowest BCUT2D eigenvalue weighted by Crippen LogP contribution is -2.32. The summed E-state index contributed by atoms with van der Waals surface area (Å²) < 4.78 is 3.85. The normalized spacial score (nSPS) is 11.6. The third-order valence-electron chi connectivity index (χ3n) is 3.84. The van der Waals surface area contributed by atoms with Crippen molar-refractivity contribution in [2.45, 2.75) is 32.9 Å². The number of rotatable bonds is 4. The zero-order chi connectivity index (χ0) is 18.3. The van der Waals surface area contributed by atoms with Crippen LogP contribution in [0.1, 0.15) is 20.3 Å². The Balaban J connectivity index is 2.21. The molecule has 9 heteroatoms. The van der Waals surface area contributed by atoms with Crippen LogP contribution in [-0.2, 0) is 18.4 Å². The third kappa shape index (κ3) is 3.05. The molecule has 1 aromatic carbocycles. The van der Waals surface area contributed by atoms with Gasteiger partial charge in [0.05, 0.1) is 10.9 Å². The van der Waals surface area contributed by atoms with Gasteiger partial charge in [-0.3, -0.25) is 14.2 Å². The molecule has 1 amide bonds. The van der Waals surface area contributed by atoms with E-state index >= 15 is 0 Å². The van der Waals surface area contributed by atoms with Crippen molar-refractivity contribution in [3.05, 3.63) is 44.1 Å². The Bertz CT molecular complexity index is 1090. The van der Waals surface area contributed by atoms with E-state index in [0.717, 1.165) is 4.68 Å². The van der Waals surface area contributed by atoms with Gasteiger partial charge in [0.25, 0.3) is 5.56 Å². The van der Waals surface area contributed by atoms with Gasteiger partial charge in [0.15, 0.2) is 0 Å². The molecule has 0 radical (unpaired) electrons. The van der Waals surface area contributed by atoms with Crippen LogP contribution >= 0.6 is 11.6 Å². The molecule has 1 N–H and O–H groups in total. The maximum atomic E-state index is 12.9. The summed E-state index contributed by atoms with van der Waals surface area (Å²) in [5.41, 5.74) is -0.277. The average Bonchev–Trinajstić information content (AvgIpc) is 2.82. The predicted molar refractivity (Wildman–Crippen MR) is 95.1 cm³/mol. The molecular weight excluding hydrogens is 346 g/mol. The van der Waals surface area contributed by atoms with Gasteiger partial charge in [0, 0.05) is 31.1 Å². The zero-order valence-corrected chi connectivity index (χ0v) is 14.9. The van der Waals surface area contributed by atoms with Crippen molar-refractivity contribution < 1.29 is 4.79 Å². The number of aryl methyl sites for hydroxylation is 2. The summed E-state index contributed by atoms with van der Waals surface area (Å²) in [6.07, 6.45) is 0.102. The smallest absolute Gasteiger partial charge is 0.351 e. The molecule has 3 aromatic rings. The molecule has 8 nitrogen and oxygen atoms in total. The minimum atomic E-state index is -0.372. The summed E-state index contributed by atoms with van der Waals surface area (Å²) in [6, 6.07) is 4.76. The van der Waals surface area contributed by atoms with Crippen molar-refractivity contribution in [3.63, 3.8) is 0 Å². The summed E-state index contributed by atoms with van der Waals surface area (Å²) in [4.78, 5) is 37.2. The van der Waals surface area contributed by atoms with Gasteiger partial charge in [-0.1, -0.05) is 11.6 Å². The molecule has 0 saturated carbocycles. The topological polar surface area (TPSA) is 90.4 Å². The number of nitrogens with zero attached hydrogens (tertiary/aromatic N) is 4. The molecule has 0 aliphatic heterocycles. The van der Waals surface area contributed by atoms with Gasteiger partial charge in [-0.2, -0.15) is 0 Å². The first-order valence-electron chi connectivity index (χ1n) is 7.87. The number of fused-ring (bicyclic) bond motifs is 3. The number of benzene rings is 1. The lowest BCUT2D eigenvalue weighted by molar-refractivity contribution is -0.121. The van der Waals surface area contributed by atoms with Crippen LogP contribution in [0.5, 0.6) is 0 Å². The number of hydrogen-bond acceptors (Lipinski definition) is 4. The minimum Gasteiger partial charge on any atom is -0.354 e. The van der Waals surface area contributed by atoms with Gasteiger partial charge >= 0.3 is 5.69 Å². The Kier molecular flexibility index (Phi) is 4.38. The summed E-state index contributed by atoms with van der Waals surface area (Å²) in [6.45, 7) is 3.83. The number of carbonyl (C=O) groups excluding carboxylic acids is 1. The standard InChI is InChI=1S/C16H18ClN5O3/c1-9(2)18-13(23)6-7-21-14(24)11-8-10(17)4-5-12(11)22-15(21)19-20(3)16(22)25/h4-5,8-9H,6-7H2,1-3H3,(H,18,23). The second kappa shape index (κ2) is 6.36. The van der Waals surface area contributed by atoms with Crippen LogP contribution in [0.25, 0.3) is 16.7 Å². The highest BCUT2D eigenvalue weighted by Gasteiger charge is 2.17. The molecule has 25 heavy (non-hydrogen) atoms. The van der Waals surface area contributed by atoms with Crippen molar-refractivity contribution in [2.75, 3.05) is 0 Å². The number of aromatic nitrogens is 4. The lowest BCUT2D eigenvalue weighted by Gasteiger charge is -2.11. The molecule has 0 fully saturated rings. The first-order chi connectivity index (χ1) is 11.8. The van der Waals surface area contributed by atoms with Crippen molar-refractivity contribution in [1.82, 2.24) is 24.1 Å². The molecular formula is C16H18ClN5O3. The minimum absolute atomic E-state index is 0.0112. The van der Waals surface area contributed by atoms with Gasteiger partial charge in [0.2, 0.25) is 11.7 Å². The summed E-state index contributed by atoms with van der Waals surface area (Å²) in [5, 5.41) is 7.62. The van der Waals surface area contributed by atoms with Gasteiger partial charge in [-0.25, -0.2) is 13.9 Å². The molecule has 0 atom stereocenters. The maximum Gasteiger partial charge on any atom is 0.351 e.